The average molecular weight is 869 g/mol. The van der Waals surface area contributed by atoms with Gasteiger partial charge < -0.3 is 10.2 Å². The van der Waals surface area contributed by atoms with Gasteiger partial charge in [-0.15, -0.1) is 0 Å². The van der Waals surface area contributed by atoms with Crippen LogP contribution >= 0.6 is 39.7 Å². The largest absolute Gasteiger partial charge is 0.356 e. The Bertz CT molecular complexity index is 2780. The molecular weight excluding hydrogens is 827 g/mol. The molecule has 0 radical (unpaired) electrons. The van der Waals surface area contributed by atoms with E-state index < -0.39 is 16.1 Å². The molecule has 2 nitrogen and oxygen atoms in total. The Hall–Kier alpha value is -6.12. The summed E-state index contributed by atoms with van der Waals surface area (Å²) in [4.78, 5) is 4.73. The fourth-order valence-electron chi connectivity index (χ4n) is 7.87. The van der Waals surface area contributed by atoms with E-state index in [1.54, 1.807) is 0 Å². The molecule has 298 valence electrons. The van der Waals surface area contributed by atoms with Crippen molar-refractivity contribution in [3.05, 3.63) is 243 Å². The van der Waals surface area contributed by atoms with Gasteiger partial charge in [0.2, 0.25) is 0 Å². The summed E-state index contributed by atoms with van der Waals surface area (Å²) < 4.78 is 0. The van der Waals surface area contributed by atoms with Crippen LogP contribution in [-0.4, -0.2) is 0 Å². The molecule has 0 aliphatic heterocycles. The van der Waals surface area contributed by atoms with Gasteiger partial charge in [0.15, 0.2) is 0 Å². The minimum atomic E-state index is -1.05. The number of anilines is 2. The lowest BCUT2D eigenvalue weighted by Crippen LogP contribution is -2.18. The summed E-state index contributed by atoms with van der Waals surface area (Å²) in [7, 11) is -2.11. The summed E-state index contributed by atoms with van der Waals surface area (Å²) in [5.41, 5.74) is 4.61. The monoisotopic (exact) mass is 868 g/mol. The quantitative estimate of drug-likeness (QED) is 0.113. The van der Waals surface area contributed by atoms with Crippen LogP contribution in [0.2, 0.25) is 0 Å². The fourth-order valence-corrected chi connectivity index (χ4v) is 13.9. The van der Waals surface area contributed by atoms with Crippen molar-refractivity contribution in [3.63, 3.8) is 0 Å². The minimum absolute atomic E-state index is 1.05. The molecule has 2 N–H and O–H groups in total. The molecule has 0 aliphatic carbocycles. The Labute approximate surface area is 375 Å². The van der Waals surface area contributed by atoms with E-state index in [9.17, 15) is 0 Å². The first kappa shape index (κ1) is 40.0. The van der Waals surface area contributed by atoms with Crippen molar-refractivity contribution in [2.24, 2.45) is 0 Å². The first-order valence-corrected chi connectivity index (χ1v) is 25.0. The summed E-state index contributed by atoms with van der Waals surface area (Å²) in [5, 5.41) is 18.5. The van der Waals surface area contributed by atoms with Crippen LogP contribution in [0.3, 0.4) is 0 Å². The third-order valence-electron chi connectivity index (χ3n) is 10.7. The second kappa shape index (κ2) is 18.9. The number of benzene rings is 10. The fraction of sp³-hybridized carbons (Fsp3) is 0. The Morgan fingerprint density at radius 2 is 0.565 bits per heavy atom. The molecule has 6 heteroatoms. The zero-order valence-electron chi connectivity index (χ0n) is 33.8. The van der Waals surface area contributed by atoms with Crippen LogP contribution < -0.4 is 31.4 Å². The van der Waals surface area contributed by atoms with Crippen LogP contribution in [0.4, 0.5) is 11.4 Å². The van der Waals surface area contributed by atoms with E-state index in [0.29, 0.717) is 0 Å². The molecule has 0 heterocycles. The average Bonchev–Trinajstić information content (AvgIpc) is 3.34. The topological polar surface area (TPSA) is 24.1 Å². The smallest absolute Gasteiger partial charge is 0.0606 e. The van der Waals surface area contributed by atoms with Gasteiger partial charge in [0.1, 0.15) is 0 Å². The van der Waals surface area contributed by atoms with Gasteiger partial charge in [-0.25, -0.2) is 0 Å². The predicted molar refractivity (Wildman–Crippen MR) is 273 cm³/mol. The van der Waals surface area contributed by atoms with Gasteiger partial charge >= 0.3 is 0 Å². The molecular formula is C56H42N2P2S2. The third-order valence-corrected chi connectivity index (χ3v) is 17.0. The molecule has 0 unspecified atom stereocenters. The molecule has 0 atom stereocenters. The van der Waals surface area contributed by atoms with E-state index in [1.165, 1.54) is 73.5 Å². The van der Waals surface area contributed by atoms with E-state index >= 15 is 0 Å². The van der Waals surface area contributed by atoms with Gasteiger partial charge in [-0.05, 0) is 57.9 Å². The van der Waals surface area contributed by atoms with Crippen LogP contribution in [0.1, 0.15) is 0 Å². The van der Waals surface area contributed by atoms with E-state index in [4.69, 9.17) is 0 Å². The lowest BCUT2D eigenvalue weighted by Gasteiger charge is -2.30. The molecule has 0 aliphatic rings. The van der Waals surface area contributed by atoms with Gasteiger partial charge in [-0.2, -0.15) is 0 Å². The normalized spacial score (nSPS) is 11.3. The van der Waals surface area contributed by atoms with Crippen LogP contribution in [0, 0.1) is 0 Å². The Morgan fingerprint density at radius 1 is 0.290 bits per heavy atom. The SMILES string of the molecule is c1ccc(Sc2cc3ccccc3c(-c3c(NP(c4ccccc4)c4ccccc4)c(Sc4ccccc4)cc4ccccc34)c2NP(c2ccccc2)c2ccccc2)cc1. The van der Waals surface area contributed by atoms with Gasteiger partial charge in [0.25, 0.3) is 0 Å². The summed E-state index contributed by atoms with van der Waals surface area (Å²) in [6, 6.07) is 88.1. The predicted octanol–water partition coefficient (Wildman–Crippen LogP) is 14.9. The molecule has 10 aromatic carbocycles. The van der Waals surface area contributed by atoms with Crippen molar-refractivity contribution < 1.29 is 0 Å². The zero-order valence-corrected chi connectivity index (χ0v) is 37.2. The van der Waals surface area contributed by atoms with Crippen molar-refractivity contribution in [2.45, 2.75) is 19.6 Å². The molecule has 0 aromatic heterocycles. The zero-order chi connectivity index (χ0) is 41.5. The van der Waals surface area contributed by atoms with Crippen LogP contribution in [0.25, 0.3) is 32.7 Å². The second-order valence-corrected chi connectivity index (χ2v) is 20.8. The van der Waals surface area contributed by atoms with Gasteiger partial charge in [0, 0.05) is 51.9 Å². The van der Waals surface area contributed by atoms with Gasteiger partial charge in [-0.3, -0.25) is 0 Å². The molecule has 62 heavy (non-hydrogen) atoms. The van der Waals surface area contributed by atoms with Gasteiger partial charge in [0.05, 0.1) is 27.5 Å². The first-order valence-electron chi connectivity index (χ1n) is 20.7. The third kappa shape index (κ3) is 8.66. The summed E-state index contributed by atoms with van der Waals surface area (Å²) in [6.45, 7) is 0. The second-order valence-electron chi connectivity index (χ2n) is 14.8. The van der Waals surface area contributed by atoms with Gasteiger partial charge in [-0.1, -0.05) is 230 Å². The van der Waals surface area contributed by atoms with Crippen molar-refractivity contribution in [2.75, 3.05) is 10.2 Å². The highest BCUT2D eigenvalue weighted by Crippen LogP contribution is 2.55. The lowest BCUT2D eigenvalue weighted by molar-refractivity contribution is 1.41. The molecule has 0 bridgehead atoms. The maximum absolute atomic E-state index is 4.35. The lowest BCUT2D eigenvalue weighted by atomic mass is 9.91. The molecule has 10 aromatic rings. The highest BCUT2D eigenvalue weighted by atomic mass is 32.2. The Morgan fingerprint density at radius 3 is 0.887 bits per heavy atom. The summed E-state index contributed by atoms with van der Waals surface area (Å²) in [6.07, 6.45) is 0. The number of hydrogen-bond donors (Lipinski definition) is 2. The molecule has 0 fully saturated rings. The highest BCUT2D eigenvalue weighted by molar-refractivity contribution is 8.00. The Balaban J connectivity index is 1.32. The summed E-state index contributed by atoms with van der Waals surface area (Å²) >= 11 is 3.64. The first-order chi connectivity index (χ1) is 30.8. The van der Waals surface area contributed by atoms with Crippen molar-refractivity contribution in [1.82, 2.24) is 0 Å². The molecule has 0 saturated heterocycles. The van der Waals surface area contributed by atoms with E-state index in [0.717, 1.165) is 11.4 Å². The minimum Gasteiger partial charge on any atom is -0.356 e. The highest BCUT2D eigenvalue weighted by Gasteiger charge is 2.28. The van der Waals surface area contributed by atoms with Crippen LogP contribution in [-0.2, 0) is 0 Å². The summed E-state index contributed by atoms with van der Waals surface area (Å²) in [5.74, 6) is 0. The molecule has 0 saturated carbocycles. The number of hydrogen-bond acceptors (Lipinski definition) is 4. The van der Waals surface area contributed by atoms with Crippen molar-refractivity contribution >= 4 is 93.8 Å². The number of fused-ring (bicyclic) bond motifs is 2. The van der Waals surface area contributed by atoms with E-state index in [-0.39, 0.29) is 0 Å². The molecule has 0 amide bonds. The molecule has 10 rings (SSSR count). The van der Waals surface area contributed by atoms with Crippen molar-refractivity contribution in [1.29, 1.82) is 0 Å². The van der Waals surface area contributed by atoms with Crippen molar-refractivity contribution in [3.8, 4) is 11.1 Å². The maximum Gasteiger partial charge on any atom is 0.0606 e. The van der Waals surface area contributed by atoms with E-state index in [2.05, 4.69) is 253 Å². The Kier molecular flexibility index (Phi) is 12.2. The van der Waals surface area contributed by atoms with E-state index in [1.807, 2.05) is 23.5 Å². The van der Waals surface area contributed by atoms with Crippen LogP contribution in [0.5, 0.6) is 0 Å². The standard InChI is InChI=1S/C56H42N2P2S2/c1-7-25-43(26-8-1)59(44-27-9-2-10-28-44)57-55-51(61-47-33-15-5-16-34-47)39-41-23-19-21-37-49(41)53(55)54-50-38-22-20-24-42(50)40-52(62-48-35-17-6-18-36-48)56(54)58-60(45-29-11-3-12-30-45)46-31-13-4-14-32-46/h1-40,57-58H. The maximum atomic E-state index is 4.35. The molecule has 0 spiro atoms. The number of nitrogens with one attached hydrogen (secondary N) is 2. The number of rotatable bonds is 13. The van der Waals surface area contributed by atoms with Crippen LogP contribution in [0.15, 0.2) is 262 Å².